The molecule has 7 heteroatoms. The summed E-state index contributed by atoms with van der Waals surface area (Å²) in [4.78, 5) is 4.23. The Morgan fingerprint density at radius 3 is 2.60 bits per heavy atom. The van der Waals surface area contributed by atoms with Crippen molar-refractivity contribution >= 4 is 12.4 Å². The molecule has 0 saturated heterocycles. The Labute approximate surface area is 120 Å². The van der Waals surface area contributed by atoms with Gasteiger partial charge in [0.25, 0.3) is 0 Å². The number of benzene rings is 1. The van der Waals surface area contributed by atoms with E-state index in [4.69, 9.17) is 10.3 Å². The quantitative estimate of drug-likeness (QED) is 0.946. The van der Waals surface area contributed by atoms with E-state index in [0.717, 1.165) is 31.4 Å². The number of aromatic nitrogens is 2. The zero-order chi connectivity index (χ0) is 13.5. The molecule has 0 amide bonds. The highest BCUT2D eigenvalue weighted by Gasteiger charge is 2.38. The summed E-state index contributed by atoms with van der Waals surface area (Å²) >= 11 is 0. The molecule has 0 aliphatic heterocycles. The Kier molecular flexibility index (Phi) is 4.06. The Morgan fingerprint density at radius 1 is 1.25 bits per heavy atom. The third kappa shape index (κ3) is 2.66. The van der Waals surface area contributed by atoms with Gasteiger partial charge in [-0.25, -0.2) is 8.78 Å². The smallest absolute Gasteiger partial charge is 0.231 e. The number of halogens is 3. The van der Waals surface area contributed by atoms with Gasteiger partial charge in [-0.05, 0) is 37.0 Å². The third-order valence-electron chi connectivity index (χ3n) is 3.50. The fraction of sp³-hybridized carbons (Fsp3) is 0.385. The van der Waals surface area contributed by atoms with Crippen molar-refractivity contribution in [2.45, 2.75) is 31.2 Å². The molecule has 4 nitrogen and oxygen atoms in total. The van der Waals surface area contributed by atoms with Gasteiger partial charge < -0.3 is 10.3 Å². The van der Waals surface area contributed by atoms with E-state index < -0.39 is 17.2 Å². The van der Waals surface area contributed by atoms with Crippen LogP contribution in [0.4, 0.5) is 8.78 Å². The van der Waals surface area contributed by atoms with Crippen LogP contribution < -0.4 is 5.73 Å². The van der Waals surface area contributed by atoms with Gasteiger partial charge in [-0.15, -0.1) is 12.4 Å². The van der Waals surface area contributed by atoms with Gasteiger partial charge in [0.15, 0.2) is 17.5 Å². The predicted octanol–water partition coefficient (Wildman–Crippen LogP) is 2.70. The highest BCUT2D eigenvalue weighted by molar-refractivity contribution is 5.85. The van der Waals surface area contributed by atoms with E-state index in [1.54, 1.807) is 0 Å². The monoisotopic (exact) mass is 301 g/mol. The standard InChI is InChI=1S/C13H13F2N3O.ClH/c14-9-3-2-8(6-10(9)15)7-11-17-12(18-19-11)13(16)4-1-5-13;/h2-3,6H,1,4-5,7,16H2;1H. The summed E-state index contributed by atoms with van der Waals surface area (Å²) in [6.45, 7) is 0. The maximum absolute atomic E-state index is 13.1. The summed E-state index contributed by atoms with van der Waals surface area (Å²) in [6.07, 6.45) is 3.01. The zero-order valence-electron chi connectivity index (χ0n) is 10.6. The summed E-state index contributed by atoms with van der Waals surface area (Å²) in [5.74, 6) is -0.897. The highest BCUT2D eigenvalue weighted by Crippen LogP contribution is 2.36. The van der Waals surface area contributed by atoms with Crippen LogP contribution in [0.15, 0.2) is 22.7 Å². The lowest BCUT2D eigenvalue weighted by atomic mass is 9.77. The number of hydrogen-bond donors (Lipinski definition) is 1. The topological polar surface area (TPSA) is 64.9 Å². The van der Waals surface area contributed by atoms with E-state index in [0.29, 0.717) is 17.3 Å². The Balaban J connectivity index is 0.00000147. The first-order valence-corrected chi connectivity index (χ1v) is 6.13. The van der Waals surface area contributed by atoms with E-state index in [1.165, 1.54) is 6.07 Å². The van der Waals surface area contributed by atoms with Gasteiger partial charge in [0.05, 0.1) is 12.0 Å². The van der Waals surface area contributed by atoms with Gasteiger partial charge in [-0.1, -0.05) is 11.2 Å². The molecule has 1 fully saturated rings. The van der Waals surface area contributed by atoms with Crippen molar-refractivity contribution in [1.82, 2.24) is 10.1 Å². The summed E-state index contributed by atoms with van der Waals surface area (Å²) in [7, 11) is 0. The third-order valence-corrected chi connectivity index (χ3v) is 3.50. The molecule has 0 radical (unpaired) electrons. The molecule has 2 aromatic rings. The maximum atomic E-state index is 13.1. The molecule has 1 saturated carbocycles. The van der Waals surface area contributed by atoms with E-state index in [-0.39, 0.29) is 18.8 Å². The first-order valence-electron chi connectivity index (χ1n) is 6.13. The Bertz CT molecular complexity index is 613. The molecule has 1 aromatic heterocycles. The molecule has 0 unspecified atom stereocenters. The first-order chi connectivity index (χ1) is 9.07. The largest absolute Gasteiger partial charge is 0.339 e. The van der Waals surface area contributed by atoms with Gasteiger partial charge in [-0.2, -0.15) is 4.98 Å². The summed E-state index contributed by atoms with van der Waals surface area (Å²) in [5, 5.41) is 3.87. The molecule has 1 aliphatic carbocycles. The first kappa shape index (κ1) is 14.9. The van der Waals surface area contributed by atoms with Crippen LogP contribution in [-0.4, -0.2) is 10.1 Å². The second-order valence-electron chi connectivity index (χ2n) is 4.95. The zero-order valence-corrected chi connectivity index (χ0v) is 11.4. The summed E-state index contributed by atoms with van der Waals surface area (Å²) in [5.41, 5.74) is 6.18. The van der Waals surface area contributed by atoms with Crippen molar-refractivity contribution in [3.8, 4) is 0 Å². The molecular formula is C13H14ClF2N3O. The lowest BCUT2D eigenvalue weighted by Gasteiger charge is -2.34. The predicted molar refractivity (Wildman–Crippen MR) is 70.4 cm³/mol. The molecule has 20 heavy (non-hydrogen) atoms. The normalized spacial score (nSPS) is 16.4. The minimum atomic E-state index is -0.883. The van der Waals surface area contributed by atoms with E-state index in [2.05, 4.69) is 10.1 Å². The fourth-order valence-electron chi connectivity index (χ4n) is 2.13. The van der Waals surface area contributed by atoms with Gasteiger partial charge >= 0.3 is 0 Å². The average molecular weight is 302 g/mol. The Hall–Kier alpha value is -1.53. The van der Waals surface area contributed by atoms with Crippen LogP contribution in [0.2, 0.25) is 0 Å². The van der Waals surface area contributed by atoms with Crippen molar-refractivity contribution in [3.63, 3.8) is 0 Å². The lowest BCUT2D eigenvalue weighted by molar-refractivity contribution is 0.229. The summed E-state index contributed by atoms with van der Waals surface area (Å²) in [6, 6.07) is 3.70. The number of nitrogens with two attached hydrogens (primary N) is 1. The lowest BCUT2D eigenvalue weighted by Crippen LogP contribution is -2.44. The SMILES string of the molecule is Cl.NC1(c2noc(Cc3ccc(F)c(F)c3)n2)CCC1. The highest BCUT2D eigenvalue weighted by atomic mass is 35.5. The van der Waals surface area contributed by atoms with Crippen LogP contribution >= 0.6 is 12.4 Å². The van der Waals surface area contributed by atoms with Gasteiger partial charge in [0, 0.05) is 0 Å². The maximum Gasteiger partial charge on any atom is 0.231 e. The van der Waals surface area contributed by atoms with Crippen molar-refractivity contribution < 1.29 is 13.3 Å². The molecule has 0 bridgehead atoms. The van der Waals surface area contributed by atoms with Crippen LogP contribution in [0.3, 0.4) is 0 Å². The van der Waals surface area contributed by atoms with Crippen molar-refractivity contribution in [2.75, 3.05) is 0 Å². The average Bonchev–Trinajstić information content (AvgIpc) is 2.80. The minimum absolute atomic E-state index is 0. The van der Waals surface area contributed by atoms with Crippen LogP contribution in [0.5, 0.6) is 0 Å². The molecular weight excluding hydrogens is 288 g/mol. The molecule has 2 N–H and O–H groups in total. The van der Waals surface area contributed by atoms with Gasteiger partial charge in [-0.3, -0.25) is 0 Å². The number of rotatable bonds is 3. The molecule has 1 heterocycles. The molecule has 0 atom stereocenters. The fourth-order valence-corrected chi connectivity index (χ4v) is 2.13. The second-order valence-corrected chi connectivity index (χ2v) is 4.95. The van der Waals surface area contributed by atoms with Crippen molar-refractivity contribution in [3.05, 3.63) is 47.1 Å². The molecule has 1 aliphatic rings. The molecule has 3 rings (SSSR count). The molecule has 108 valence electrons. The minimum Gasteiger partial charge on any atom is -0.339 e. The molecule has 1 aromatic carbocycles. The summed E-state index contributed by atoms with van der Waals surface area (Å²) < 4.78 is 31.0. The van der Waals surface area contributed by atoms with Crippen LogP contribution in [0.25, 0.3) is 0 Å². The molecule has 0 spiro atoms. The van der Waals surface area contributed by atoms with Crippen LogP contribution in [-0.2, 0) is 12.0 Å². The van der Waals surface area contributed by atoms with Crippen molar-refractivity contribution in [1.29, 1.82) is 0 Å². The van der Waals surface area contributed by atoms with E-state index in [1.807, 2.05) is 0 Å². The Morgan fingerprint density at radius 2 is 2.00 bits per heavy atom. The van der Waals surface area contributed by atoms with Crippen LogP contribution in [0.1, 0.15) is 36.5 Å². The number of hydrogen-bond acceptors (Lipinski definition) is 4. The van der Waals surface area contributed by atoms with Gasteiger partial charge in [0.2, 0.25) is 5.89 Å². The van der Waals surface area contributed by atoms with Crippen molar-refractivity contribution in [2.24, 2.45) is 5.73 Å². The van der Waals surface area contributed by atoms with Crippen LogP contribution in [0, 0.1) is 11.6 Å². The van der Waals surface area contributed by atoms with E-state index in [9.17, 15) is 8.78 Å². The number of nitrogens with zero attached hydrogens (tertiary/aromatic N) is 2. The van der Waals surface area contributed by atoms with Gasteiger partial charge in [0.1, 0.15) is 0 Å². The van der Waals surface area contributed by atoms with E-state index >= 15 is 0 Å². The second kappa shape index (κ2) is 5.46.